The Kier molecular flexibility index (Phi) is 2.54. The van der Waals surface area contributed by atoms with Crippen molar-refractivity contribution in [2.24, 2.45) is 7.05 Å². The molecule has 0 spiro atoms. The van der Waals surface area contributed by atoms with Crippen LogP contribution in [0.2, 0.25) is 0 Å². The molecule has 0 N–H and O–H groups in total. The van der Waals surface area contributed by atoms with Gasteiger partial charge in [0, 0.05) is 17.8 Å². The molecule has 0 saturated carbocycles. The normalized spacial score (nSPS) is 11.3. The lowest BCUT2D eigenvalue weighted by atomic mass is 10.1. The van der Waals surface area contributed by atoms with Gasteiger partial charge in [0.25, 0.3) is 0 Å². The molecule has 0 saturated heterocycles. The van der Waals surface area contributed by atoms with Crippen molar-refractivity contribution < 1.29 is 0 Å². The van der Waals surface area contributed by atoms with Gasteiger partial charge in [0.1, 0.15) is 5.69 Å². The molecule has 2 aromatic carbocycles. The molecule has 0 bridgehead atoms. The quantitative estimate of drug-likeness (QED) is 0.523. The summed E-state index contributed by atoms with van der Waals surface area (Å²) in [5.74, 6) is 0. The first-order valence-corrected chi connectivity index (χ1v) is 7.02. The van der Waals surface area contributed by atoms with Crippen LogP contribution in [-0.2, 0) is 7.05 Å². The molecule has 0 atom stereocenters. The van der Waals surface area contributed by atoms with Crippen molar-refractivity contribution in [3.8, 4) is 11.4 Å². The van der Waals surface area contributed by atoms with Crippen molar-refractivity contribution in [1.82, 2.24) is 14.8 Å². The molecule has 3 heteroatoms. The van der Waals surface area contributed by atoms with Crippen LogP contribution in [0.1, 0.15) is 5.56 Å². The Balaban J connectivity index is 2.04. The molecule has 0 aliphatic rings. The van der Waals surface area contributed by atoms with E-state index in [0.29, 0.717) is 0 Å². The third-order valence-electron chi connectivity index (χ3n) is 3.93. The molecule has 0 unspecified atom stereocenters. The highest BCUT2D eigenvalue weighted by atomic mass is 15.3. The van der Waals surface area contributed by atoms with Gasteiger partial charge in [-0.25, -0.2) is 4.98 Å². The molecule has 0 aliphatic carbocycles. The minimum Gasteiger partial charge on any atom is -0.267 e. The summed E-state index contributed by atoms with van der Waals surface area (Å²) in [6, 6.07) is 18.6. The summed E-state index contributed by atoms with van der Waals surface area (Å²) in [5.41, 5.74) is 5.25. The number of fused-ring (bicyclic) bond motifs is 2. The lowest BCUT2D eigenvalue weighted by Crippen LogP contribution is -1.90. The first kappa shape index (κ1) is 12.1. The maximum absolute atomic E-state index is 4.77. The van der Waals surface area contributed by atoms with Crippen molar-refractivity contribution >= 4 is 21.8 Å². The zero-order valence-electron chi connectivity index (χ0n) is 12.0. The van der Waals surface area contributed by atoms with Crippen LogP contribution in [0.15, 0.2) is 54.6 Å². The number of rotatable bonds is 1. The second-order valence-electron chi connectivity index (χ2n) is 5.33. The molecule has 2 heterocycles. The van der Waals surface area contributed by atoms with E-state index in [-0.39, 0.29) is 0 Å². The molecule has 0 aliphatic heterocycles. The van der Waals surface area contributed by atoms with E-state index >= 15 is 0 Å². The smallest absolute Gasteiger partial charge is 0.119 e. The van der Waals surface area contributed by atoms with Gasteiger partial charge in [-0.3, -0.25) is 4.68 Å². The first-order chi connectivity index (χ1) is 10.2. The number of para-hydroxylation sites is 1. The predicted molar refractivity (Wildman–Crippen MR) is 86.2 cm³/mol. The van der Waals surface area contributed by atoms with E-state index < -0.39 is 0 Å². The Bertz CT molecular complexity index is 967. The Morgan fingerprint density at radius 3 is 2.67 bits per heavy atom. The van der Waals surface area contributed by atoms with Crippen molar-refractivity contribution in [3.63, 3.8) is 0 Å². The molecule has 0 fully saturated rings. The Labute approximate surface area is 122 Å². The lowest BCUT2D eigenvalue weighted by Gasteiger charge is -2.02. The number of benzene rings is 2. The van der Waals surface area contributed by atoms with Crippen molar-refractivity contribution in [1.29, 1.82) is 0 Å². The fourth-order valence-corrected chi connectivity index (χ4v) is 2.86. The SMILES string of the molecule is Cc1cccc2c1c(-c1ccc3ccccc3n1)nn2C. The van der Waals surface area contributed by atoms with Gasteiger partial charge in [0.05, 0.1) is 16.7 Å². The Morgan fingerprint density at radius 1 is 0.905 bits per heavy atom. The fraction of sp³-hybridized carbons (Fsp3) is 0.111. The van der Waals surface area contributed by atoms with Gasteiger partial charge in [0.15, 0.2) is 0 Å². The molecular formula is C18H15N3. The first-order valence-electron chi connectivity index (χ1n) is 7.02. The monoisotopic (exact) mass is 273 g/mol. The van der Waals surface area contributed by atoms with Gasteiger partial charge in [-0.2, -0.15) is 5.10 Å². The van der Waals surface area contributed by atoms with Crippen LogP contribution < -0.4 is 0 Å². The van der Waals surface area contributed by atoms with Gasteiger partial charge in [-0.05, 0) is 30.7 Å². The Morgan fingerprint density at radius 2 is 1.76 bits per heavy atom. The van der Waals surface area contributed by atoms with Crippen LogP contribution in [0.3, 0.4) is 0 Å². The molecule has 4 rings (SSSR count). The molecule has 0 radical (unpaired) electrons. The van der Waals surface area contributed by atoms with E-state index in [0.717, 1.165) is 27.8 Å². The molecule has 2 aromatic heterocycles. The zero-order valence-corrected chi connectivity index (χ0v) is 12.0. The van der Waals surface area contributed by atoms with Crippen LogP contribution in [0.4, 0.5) is 0 Å². The molecule has 4 aromatic rings. The van der Waals surface area contributed by atoms with E-state index in [1.165, 1.54) is 10.9 Å². The number of aryl methyl sites for hydroxylation is 2. The molecule has 0 amide bonds. The summed E-state index contributed by atoms with van der Waals surface area (Å²) in [6.07, 6.45) is 0. The highest BCUT2D eigenvalue weighted by Crippen LogP contribution is 2.29. The highest BCUT2D eigenvalue weighted by molar-refractivity contribution is 5.96. The van der Waals surface area contributed by atoms with Gasteiger partial charge in [-0.1, -0.05) is 36.4 Å². The van der Waals surface area contributed by atoms with Crippen LogP contribution in [-0.4, -0.2) is 14.8 Å². The van der Waals surface area contributed by atoms with Crippen molar-refractivity contribution in [3.05, 3.63) is 60.2 Å². The maximum Gasteiger partial charge on any atom is 0.119 e. The van der Waals surface area contributed by atoms with Crippen LogP contribution in [0, 0.1) is 6.92 Å². The second-order valence-corrected chi connectivity index (χ2v) is 5.33. The van der Waals surface area contributed by atoms with E-state index in [9.17, 15) is 0 Å². The topological polar surface area (TPSA) is 30.7 Å². The molecule has 21 heavy (non-hydrogen) atoms. The van der Waals surface area contributed by atoms with E-state index in [4.69, 9.17) is 4.98 Å². The number of pyridine rings is 1. The third kappa shape index (κ3) is 1.82. The second kappa shape index (κ2) is 4.42. The summed E-state index contributed by atoms with van der Waals surface area (Å²) >= 11 is 0. The Hall–Kier alpha value is -2.68. The van der Waals surface area contributed by atoms with Gasteiger partial charge in [-0.15, -0.1) is 0 Å². The van der Waals surface area contributed by atoms with Crippen molar-refractivity contribution in [2.45, 2.75) is 6.92 Å². The molecular weight excluding hydrogens is 258 g/mol. The van der Waals surface area contributed by atoms with Gasteiger partial charge in [0.2, 0.25) is 0 Å². The number of nitrogens with zero attached hydrogens (tertiary/aromatic N) is 3. The number of hydrogen-bond donors (Lipinski definition) is 0. The van der Waals surface area contributed by atoms with Gasteiger partial charge < -0.3 is 0 Å². The third-order valence-corrected chi connectivity index (χ3v) is 3.93. The minimum absolute atomic E-state index is 0.925. The fourth-order valence-electron chi connectivity index (χ4n) is 2.86. The molecule has 3 nitrogen and oxygen atoms in total. The minimum atomic E-state index is 0.925. The van der Waals surface area contributed by atoms with Crippen LogP contribution in [0.25, 0.3) is 33.2 Å². The summed E-state index contributed by atoms with van der Waals surface area (Å²) in [4.78, 5) is 4.77. The van der Waals surface area contributed by atoms with E-state index in [1.54, 1.807) is 0 Å². The summed E-state index contributed by atoms with van der Waals surface area (Å²) in [6.45, 7) is 2.12. The van der Waals surface area contributed by atoms with Gasteiger partial charge >= 0.3 is 0 Å². The number of aromatic nitrogens is 3. The predicted octanol–water partition coefficient (Wildman–Crippen LogP) is 4.10. The van der Waals surface area contributed by atoms with E-state index in [2.05, 4.69) is 48.4 Å². The average molecular weight is 273 g/mol. The van der Waals surface area contributed by atoms with Crippen LogP contribution >= 0.6 is 0 Å². The average Bonchev–Trinajstić information content (AvgIpc) is 2.86. The zero-order chi connectivity index (χ0) is 14.4. The lowest BCUT2D eigenvalue weighted by molar-refractivity contribution is 0.799. The maximum atomic E-state index is 4.77. The largest absolute Gasteiger partial charge is 0.267 e. The summed E-state index contributed by atoms with van der Waals surface area (Å²) in [5, 5.41) is 7.02. The number of hydrogen-bond acceptors (Lipinski definition) is 2. The van der Waals surface area contributed by atoms with Crippen molar-refractivity contribution in [2.75, 3.05) is 0 Å². The summed E-state index contributed by atoms with van der Waals surface area (Å²) < 4.78 is 1.93. The standard InChI is InChI=1S/C18H15N3/c1-12-6-5-9-16-17(12)18(20-21(16)2)15-11-10-13-7-3-4-8-14(13)19-15/h3-11H,1-2H3. The molecule has 102 valence electrons. The summed E-state index contributed by atoms with van der Waals surface area (Å²) in [7, 11) is 1.98. The highest BCUT2D eigenvalue weighted by Gasteiger charge is 2.13. The van der Waals surface area contributed by atoms with E-state index in [1.807, 2.05) is 29.9 Å². The van der Waals surface area contributed by atoms with Crippen LogP contribution in [0.5, 0.6) is 0 Å².